The zero-order valence-corrected chi connectivity index (χ0v) is 12.8. The van der Waals surface area contributed by atoms with Crippen molar-refractivity contribution in [1.82, 2.24) is 9.97 Å². The summed E-state index contributed by atoms with van der Waals surface area (Å²) in [6.07, 6.45) is 0. The average Bonchev–Trinajstić information content (AvgIpc) is 2.48. The maximum absolute atomic E-state index is 9.25. The van der Waals surface area contributed by atoms with Crippen molar-refractivity contribution in [1.29, 1.82) is 5.26 Å². The lowest BCUT2D eigenvalue weighted by molar-refractivity contribution is 0.772. The molecule has 0 unspecified atom stereocenters. The standard InChI is InChI=1S/C16H19N5/c1-10(2)15-19-14(18)11(3)16(20-15)21(4)13-8-6-5-7-12(13)9-17/h5-8,10H,1-4H3,(H2,18,19,20). The third-order valence-corrected chi connectivity index (χ3v) is 3.40. The summed E-state index contributed by atoms with van der Waals surface area (Å²) in [7, 11) is 1.88. The minimum atomic E-state index is 0.186. The van der Waals surface area contributed by atoms with E-state index in [0.717, 1.165) is 17.1 Å². The molecular weight excluding hydrogens is 262 g/mol. The Labute approximate surface area is 125 Å². The largest absolute Gasteiger partial charge is 0.383 e. The molecule has 2 N–H and O–H groups in total. The number of rotatable bonds is 3. The van der Waals surface area contributed by atoms with E-state index in [-0.39, 0.29) is 5.92 Å². The number of benzene rings is 1. The summed E-state index contributed by atoms with van der Waals surface area (Å²) in [6.45, 7) is 5.94. The summed E-state index contributed by atoms with van der Waals surface area (Å²) in [4.78, 5) is 10.8. The van der Waals surface area contributed by atoms with Gasteiger partial charge in [-0.15, -0.1) is 0 Å². The predicted molar refractivity (Wildman–Crippen MR) is 84.5 cm³/mol. The predicted octanol–water partition coefficient (Wildman–Crippen LogP) is 3.13. The number of hydrogen-bond acceptors (Lipinski definition) is 5. The summed E-state index contributed by atoms with van der Waals surface area (Å²) < 4.78 is 0. The highest BCUT2D eigenvalue weighted by atomic mass is 15.2. The van der Waals surface area contributed by atoms with Crippen LogP contribution in [-0.2, 0) is 0 Å². The highest BCUT2D eigenvalue weighted by Gasteiger charge is 2.17. The summed E-state index contributed by atoms with van der Waals surface area (Å²) in [5.41, 5.74) is 8.22. The van der Waals surface area contributed by atoms with E-state index in [9.17, 15) is 5.26 Å². The monoisotopic (exact) mass is 281 g/mol. The molecule has 21 heavy (non-hydrogen) atoms. The van der Waals surface area contributed by atoms with E-state index in [1.165, 1.54) is 0 Å². The highest BCUT2D eigenvalue weighted by Crippen LogP contribution is 2.30. The lowest BCUT2D eigenvalue weighted by atomic mass is 10.1. The Morgan fingerprint density at radius 1 is 1.24 bits per heavy atom. The molecule has 2 aromatic rings. The molecule has 0 aliphatic rings. The third-order valence-electron chi connectivity index (χ3n) is 3.40. The first kappa shape index (κ1) is 14.8. The lowest BCUT2D eigenvalue weighted by Crippen LogP contribution is -2.17. The number of para-hydroxylation sites is 1. The van der Waals surface area contributed by atoms with E-state index in [1.807, 2.05) is 50.9 Å². The van der Waals surface area contributed by atoms with Crippen LogP contribution in [0.4, 0.5) is 17.3 Å². The van der Waals surface area contributed by atoms with Crippen LogP contribution in [-0.4, -0.2) is 17.0 Å². The number of nitrogens with zero attached hydrogens (tertiary/aromatic N) is 4. The van der Waals surface area contributed by atoms with E-state index in [4.69, 9.17) is 5.73 Å². The topological polar surface area (TPSA) is 78.8 Å². The molecule has 1 aromatic heterocycles. The number of nitrogen functional groups attached to an aromatic ring is 1. The van der Waals surface area contributed by atoms with E-state index in [1.54, 1.807) is 6.07 Å². The summed E-state index contributed by atoms with van der Waals surface area (Å²) in [5.74, 6) is 2.10. The van der Waals surface area contributed by atoms with Gasteiger partial charge in [0.25, 0.3) is 0 Å². The molecule has 2 rings (SSSR count). The van der Waals surface area contributed by atoms with Crippen molar-refractivity contribution in [3.8, 4) is 6.07 Å². The fraction of sp³-hybridized carbons (Fsp3) is 0.312. The van der Waals surface area contributed by atoms with Crippen molar-refractivity contribution < 1.29 is 0 Å². The van der Waals surface area contributed by atoms with Gasteiger partial charge in [-0.05, 0) is 19.1 Å². The maximum Gasteiger partial charge on any atom is 0.141 e. The van der Waals surface area contributed by atoms with E-state index in [0.29, 0.717) is 17.2 Å². The van der Waals surface area contributed by atoms with Crippen molar-refractivity contribution >= 4 is 17.3 Å². The van der Waals surface area contributed by atoms with Gasteiger partial charge in [0.15, 0.2) is 0 Å². The second-order valence-electron chi connectivity index (χ2n) is 5.26. The maximum atomic E-state index is 9.25. The first-order chi connectivity index (χ1) is 9.95. The van der Waals surface area contributed by atoms with Crippen LogP contribution in [0, 0.1) is 18.3 Å². The van der Waals surface area contributed by atoms with Gasteiger partial charge in [-0.3, -0.25) is 0 Å². The fourth-order valence-corrected chi connectivity index (χ4v) is 2.10. The number of aromatic nitrogens is 2. The Morgan fingerprint density at radius 3 is 2.52 bits per heavy atom. The van der Waals surface area contributed by atoms with Gasteiger partial charge in [0.2, 0.25) is 0 Å². The highest BCUT2D eigenvalue weighted by molar-refractivity contribution is 5.70. The fourth-order valence-electron chi connectivity index (χ4n) is 2.10. The Morgan fingerprint density at radius 2 is 1.90 bits per heavy atom. The van der Waals surface area contributed by atoms with Crippen LogP contribution in [0.25, 0.3) is 0 Å². The lowest BCUT2D eigenvalue weighted by Gasteiger charge is -2.23. The van der Waals surface area contributed by atoms with Crippen molar-refractivity contribution in [3.63, 3.8) is 0 Å². The minimum Gasteiger partial charge on any atom is -0.383 e. The molecule has 108 valence electrons. The number of nitriles is 1. The molecule has 1 heterocycles. The van der Waals surface area contributed by atoms with Gasteiger partial charge in [-0.2, -0.15) is 5.26 Å². The SMILES string of the molecule is Cc1c(N)nc(C(C)C)nc1N(C)c1ccccc1C#N. The number of nitrogens with two attached hydrogens (primary N) is 1. The van der Waals surface area contributed by atoms with Crippen molar-refractivity contribution in [2.24, 2.45) is 0 Å². The Hall–Kier alpha value is -2.61. The van der Waals surface area contributed by atoms with E-state index in [2.05, 4.69) is 16.0 Å². The molecule has 0 saturated carbocycles. The number of anilines is 3. The molecular formula is C16H19N5. The molecule has 0 aliphatic carbocycles. The normalized spacial score (nSPS) is 10.5. The van der Waals surface area contributed by atoms with Crippen LogP contribution in [0.5, 0.6) is 0 Å². The van der Waals surface area contributed by atoms with Crippen molar-refractivity contribution in [2.75, 3.05) is 17.7 Å². The first-order valence-electron chi connectivity index (χ1n) is 6.82. The van der Waals surface area contributed by atoms with Crippen LogP contribution >= 0.6 is 0 Å². The molecule has 5 heteroatoms. The molecule has 0 amide bonds. The van der Waals surface area contributed by atoms with Gasteiger partial charge >= 0.3 is 0 Å². The third kappa shape index (κ3) is 2.79. The van der Waals surface area contributed by atoms with Crippen LogP contribution < -0.4 is 10.6 Å². The summed E-state index contributed by atoms with van der Waals surface area (Å²) in [6, 6.07) is 9.62. The first-order valence-corrected chi connectivity index (χ1v) is 6.82. The molecule has 0 aliphatic heterocycles. The number of hydrogen-bond donors (Lipinski definition) is 1. The van der Waals surface area contributed by atoms with Crippen LogP contribution in [0.3, 0.4) is 0 Å². The molecule has 5 nitrogen and oxygen atoms in total. The zero-order chi connectivity index (χ0) is 15.6. The molecule has 0 spiro atoms. The van der Waals surface area contributed by atoms with Gasteiger partial charge in [-0.1, -0.05) is 26.0 Å². The van der Waals surface area contributed by atoms with Gasteiger partial charge in [0, 0.05) is 18.5 Å². The zero-order valence-electron chi connectivity index (χ0n) is 12.8. The van der Waals surface area contributed by atoms with E-state index < -0.39 is 0 Å². The molecule has 1 aromatic carbocycles. The van der Waals surface area contributed by atoms with E-state index >= 15 is 0 Å². The van der Waals surface area contributed by atoms with Gasteiger partial charge in [0.05, 0.1) is 11.3 Å². The molecule has 0 bridgehead atoms. The quantitative estimate of drug-likeness (QED) is 0.935. The average molecular weight is 281 g/mol. The molecule has 0 fully saturated rings. The van der Waals surface area contributed by atoms with Crippen molar-refractivity contribution in [3.05, 3.63) is 41.2 Å². The van der Waals surface area contributed by atoms with Crippen LogP contribution in [0.1, 0.15) is 36.7 Å². The molecule has 0 radical (unpaired) electrons. The van der Waals surface area contributed by atoms with Crippen LogP contribution in [0.2, 0.25) is 0 Å². The van der Waals surface area contributed by atoms with Gasteiger partial charge in [0.1, 0.15) is 23.5 Å². The summed E-state index contributed by atoms with van der Waals surface area (Å²) in [5, 5.41) is 9.25. The van der Waals surface area contributed by atoms with Crippen molar-refractivity contribution in [2.45, 2.75) is 26.7 Å². The second kappa shape index (κ2) is 5.80. The Bertz CT molecular complexity index is 700. The Kier molecular flexibility index (Phi) is 4.08. The molecule has 0 atom stereocenters. The summed E-state index contributed by atoms with van der Waals surface area (Å²) >= 11 is 0. The van der Waals surface area contributed by atoms with Gasteiger partial charge < -0.3 is 10.6 Å². The second-order valence-corrected chi connectivity index (χ2v) is 5.26. The van der Waals surface area contributed by atoms with Gasteiger partial charge in [-0.25, -0.2) is 9.97 Å². The smallest absolute Gasteiger partial charge is 0.141 e. The molecule has 0 saturated heterocycles. The Balaban J connectivity index is 2.58. The minimum absolute atomic E-state index is 0.186. The van der Waals surface area contributed by atoms with Crippen LogP contribution in [0.15, 0.2) is 24.3 Å².